The van der Waals surface area contributed by atoms with E-state index in [0.29, 0.717) is 30.0 Å². The molecule has 0 bridgehead atoms. The van der Waals surface area contributed by atoms with E-state index in [-0.39, 0.29) is 12.5 Å². The number of aryl methyl sites for hydroxylation is 2. The third kappa shape index (κ3) is 4.56. The molecule has 154 valence electrons. The quantitative estimate of drug-likeness (QED) is 0.589. The van der Waals surface area contributed by atoms with Gasteiger partial charge in [-0.3, -0.25) is 14.1 Å². The highest BCUT2D eigenvalue weighted by Crippen LogP contribution is 2.23. The van der Waals surface area contributed by atoms with E-state index in [9.17, 15) is 9.59 Å². The number of rotatable bonds is 8. The summed E-state index contributed by atoms with van der Waals surface area (Å²) < 4.78 is 8.84. The number of anilines is 1. The third-order valence-corrected chi connectivity index (χ3v) is 4.56. The van der Waals surface area contributed by atoms with Crippen LogP contribution in [0.15, 0.2) is 37.1 Å². The van der Waals surface area contributed by atoms with Crippen molar-refractivity contribution in [2.75, 3.05) is 25.1 Å². The summed E-state index contributed by atoms with van der Waals surface area (Å²) in [6, 6.07) is 3.52. The monoisotopic (exact) mass is 398 g/mol. The van der Waals surface area contributed by atoms with Crippen molar-refractivity contribution in [3.8, 4) is 0 Å². The molecule has 0 aliphatic heterocycles. The molecule has 0 aliphatic carbocycles. The highest BCUT2D eigenvalue weighted by Gasteiger charge is 2.21. The van der Waals surface area contributed by atoms with Crippen molar-refractivity contribution in [2.45, 2.75) is 33.2 Å². The van der Waals surface area contributed by atoms with Gasteiger partial charge >= 0.3 is 6.09 Å². The molecule has 0 atom stereocenters. The first-order valence-corrected chi connectivity index (χ1v) is 9.70. The Hall–Kier alpha value is -3.36. The molecule has 0 unspecified atom stereocenters. The lowest BCUT2D eigenvalue weighted by atomic mass is 10.2. The second kappa shape index (κ2) is 9.22. The molecule has 0 fully saturated rings. The molecule has 0 aliphatic rings. The first-order valence-electron chi connectivity index (χ1n) is 9.70. The van der Waals surface area contributed by atoms with Crippen molar-refractivity contribution in [1.82, 2.24) is 24.3 Å². The van der Waals surface area contributed by atoms with Crippen LogP contribution in [0.1, 0.15) is 36.3 Å². The van der Waals surface area contributed by atoms with Gasteiger partial charge in [-0.25, -0.2) is 14.8 Å². The summed E-state index contributed by atoms with van der Waals surface area (Å²) in [5, 5.41) is 2.93. The minimum absolute atomic E-state index is 0.172. The van der Waals surface area contributed by atoms with Gasteiger partial charge in [0.2, 0.25) is 0 Å². The zero-order valence-corrected chi connectivity index (χ0v) is 17.0. The number of hydrogen-bond acceptors (Lipinski definition) is 5. The molecule has 3 aromatic rings. The molecular formula is C20H26N6O3. The van der Waals surface area contributed by atoms with E-state index in [2.05, 4.69) is 15.3 Å². The van der Waals surface area contributed by atoms with E-state index in [1.807, 2.05) is 17.7 Å². The average molecular weight is 398 g/mol. The van der Waals surface area contributed by atoms with Gasteiger partial charge in [-0.15, -0.1) is 0 Å². The number of amides is 2. The fourth-order valence-electron chi connectivity index (χ4n) is 3.10. The van der Waals surface area contributed by atoms with Crippen LogP contribution in [0.3, 0.4) is 0 Å². The van der Waals surface area contributed by atoms with Gasteiger partial charge in [0, 0.05) is 38.7 Å². The second-order valence-electron chi connectivity index (χ2n) is 6.55. The van der Waals surface area contributed by atoms with Crippen LogP contribution >= 0.6 is 0 Å². The summed E-state index contributed by atoms with van der Waals surface area (Å²) in [5.41, 5.74) is 1.93. The van der Waals surface area contributed by atoms with Crippen molar-refractivity contribution >= 4 is 23.5 Å². The summed E-state index contributed by atoms with van der Waals surface area (Å²) in [6.07, 6.45) is 8.07. The maximum absolute atomic E-state index is 12.6. The average Bonchev–Trinajstić information content (AvgIpc) is 3.37. The number of nitrogens with one attached hydrogen (secondary N) is 1. The van der Waals surface area contributed by atoms with Gasteiger partial charge in [-0.2, -0.15) is 0 Å². The number of aromatic nitrogens is 4. The Balaban J connectivity index is 1.76. The van der Waals surface area contributed by atoms with Crippen molar-refractivity contribution in [3.63, 3.8) is 0 Å². The van der Waals surface area contributed by atoms with Gasteiger partial charge in [0.1, 0.15) is 11.5 Å². The Labute approximate surface area is 169 Å². The van der Waals surface area contributed by atoms with Crippen LogP contribution in [-0.4, -0.2) is 51.1 Å². The maximum atomic E-state index is 12.6. The number of pyridine rings is 1. The Morgan fingerprint density at radius 1 is 1.28 bits per heavy atom. The SMILES string of the molecule is CCOC(=O)N(C)c1c(CC)nc2ccc(C(=O)NCCCn3ccnc3)cn12. The van der Waals surface area contributed by atoms with Gasteiger partial charge in [0.15, 0.2) is 0 Å². The number of imidazole rings is 2. The van der Waals surface area contributed by atoms with Crippen LogP contribution in [0.4, 0.5) is 10.6 Å². The fourth-order valence-corrected chi connectivity index (χ4v) is 3.10. The molecule has 0 saturated carbocycles. The first-order chi connectivity index (χ1) is 14.0. The third-order valence-electron chi connectivity index (χ3n) is 4.56. The molecule has 9 nitrogen and oxygen atoms in total. The molecule has 0 spiro atoms. The normalized spacial score (nSPS) is 10.9. The lowest BCUT2D eigenvalue weighted by Gasteiger charge is -2.17. The molecule has 9 heteroatoms. The minimum atomic E-state index is -0.460. The zero-order chi connectivity index (χ0) is 20.8. The van der Waals surface area contributed by atoms with Gasteiger partial charge in [-0.1, -0.05) is 6.92 Å². The van der Waals surface area contributed by atoms with Crippen LogP contribution in [0, 0.1) is 0 Å². The number of hydrogen-bond donors (Lipinski definition) is 1. The van der Waals surface area contributed by atoms with Crippen molar-refractivity contribution < 1.29 is 14.3 Å². The van der Waals surface area contributed by atoms with Crippen LogP contribution in [0.2, 0.25) is 0 Å². The smallest absolute Gasteiger partial charge is 0.415 e. The summed E-state index contributed by atoms with van der Waals surface area (Å²) in [6.45, 7) is 5.35. The fraction of sp³-hybridized carbons (Fsp3) is 0.400. The Bertz CT molecular complexity index is 980. The largest absolute Gasteiger partial charge is 0.449 e. The summed E-state index contributed by atoms with van der Waals surface area (Å²) >= 11 is 0. The number of ether oxygens (including phenoxy) is 1. The van der Waals surface area contributed by atoms with Crippen molar-refractivity contribution in [1.29, 1.82) is 0 Å². The Kier molecular flexibility index (Phi) is 6.48. The Morgan fingerprint density at radius 3 is 2.79 bits per heavy atom. The van der Waals surface area contributed by atoms with E-state index in [0.717, 1.165) is 18.7 Å². The van der Waals surface area contributed by atoms with Crippen LogP contribution in [-0.2, 0) is 17.7 Å². The lowest BCUT2D eigenvalue weighted by Crippen LogP contribution is -2.29. The Morgan fingerprint density at radius 2 is 2.10 bits per heavy atom. The highest BCUT2D eigenvalue weighted by atomic mass is 16.6. The number of carbonyl (C=O) groups is 2. The molecule has 3 heterocycles. The number of nitrogens with zero attached hydrogens (tertiary/aromatic N) is 5. The van der Waals surface area contributed by atoms with Crippen LogP contribution in [0.25, 0.3) is 5.65 Å². The predicted molar refractivity (Wildman–Crippen MR) is 109 cm³/mol. The van der Waals surface area contributed by atoms with E-state index in [4.69, 9.17) is 4.74 Å². The maximum Gasteiger partial charge on any atom is 0.415 e. The summed E-state index contributed by atoms with van der Waals surface area (Å²) in [5.74, 6) is 0.435. The topological polar surface area (TPSA) is 93.8 Å². The standard InChI is InChI=1S/C20H26N6O3/c1-4-16-19(24(3)20(28)29-5-2)26-13-15(7-8-17(26)23-16)18(27)22-9-6-11-25-12-10-21-14-25/h7-8,10,12-14H,4-6,9,11H2,1-3H3,(H,22,27). The summed E-state index contributed by atoms with van der Waals surface area (Å²) in [4.78, 5) is 34.8. The second-order valence-corrected chi connectivity index (χ2v) is 6.55. The number of fused-ring (bicyclic) bond motifs is 1. The molecule has 1 N–H and O–H groups in total. The van der Waals surface area contributed by atoms with Crippen LogP contribution < -0.4 is 10.2 Å². The molecule has 3 aromatic heterocycles. The van der Waals surface area contributed by atoms with E-state index >= 15 is 0 Å². The minimum Gasteiger partial charge on any atom is -0.449 e. The molecule has 3 rings (SSSR count). The zero-order valence-electron chi connectivity index (χ0n) is 17.0. The molecule has 0 aromatic carbocycles. The van der Waals surface area contributed by atoms with Gasteiger partial charge in [0.25, 0.3) is 5.91 Å². The molecule has 2 amide bonds. The highest BCUT2D eigenvalue weighted by molar-refractivity contribution is 5.94. The van der Waals surface area contributed by atoms with E-state index < -0.39 is 6.09 Å². The predicted octanol–water partition coefficient (Wildman–Crippen LogP) is 2.51. The lowest BCUT2D eigenvalue weighted by molar-refractivity contribution is 0.0952. The molecule has 29 heavy (non-hydrogen) atoms. The van der Waals surface area contributed by atoms with Crippen molar-refractivity contribution in [2.24, 2.45) is 0 Å². The number of carbonyl (C=O) groups excluding carboxylic acids is 2. The van der Waals surface area contributed by atoms with Crippen molar-refractivity contribution in [3.05, 3.63) is 48.3 Å². The molecule has 0 radical (unpaired) electrons. The summed E-state index contributed by atoms with van der Waals surface area (Å²) in [7, 11) is 1.64. The molecular weight excluding hydrogens is 372 g/mol. The van der Waals surface area contributed by atoms with E-state index in [1.165, 1.54) is 4.90 Å². The van der Waals surface area contributed by atoms with Gasteiger partial charge < -0.3 is 14.6 Å². The van der Waals surface area contributed by atoms with Gasteiger partial charge in [0.05, 0.1) is 24.2 Å². The van der Waals surface area contributed by atoms with Crippen LogP contribution in [0.5, 0.6) is 0 Å². The van der Waals surface area contributed by atoms with E-state index in [1.54, 1.807) is 49.2 Å². The van der Waals surface area contributed by atoms with Gasteiger partial charge in [-0.05, 0) is 31.9 Å². The first kappa shape index (κ1) is 20.4. The molecule has 0 saturated heterocycles.